The fourth-order valence-electron chi connectivity index (χ4n) is 3.79. The van der Waals surface area contributed by atoms with Crippen LogP contribution in [0.3, 0.4) is 0 Å². The summed E-state index contributed by atoms with van der Waals surface area (Å²) in [5.74, 6) is 3.07. The summed E-state index contributed by atoms with van der Waals surface area (Å²) >= 11 is 0. The molecular formula is C20H33IN4. The summed E-state index contributed by atoms with van der Waals surface area (Å²) in [5, 5.41) is 7.18. The van der Waals surface area contributed by atoms with Gasteiger partial charge in [-0.3, -0.25) is 9.89 Å². The predicted molar refractivity (Wildman–Crippen MR) is 117 cm³/mol. The zero-order chi connectivity index (χ0) is 17.1. The second kappa shape index (κ2) is 9.21. The fraction of sp³-hybridized carbons (Fsp3) is 0.650. The van der Waals surface area contributed by atoms with Gasteiger partial charge in [0.1, 0.15) is 0 Å². The van der Waals surface area contributed by atoms with Gasteiger partial charge in [0, 0.05) is 38.8 Å². The minimum Gasteiger partial charge on any atom is -0.356 e. The van der Waals surface area contributed by atoms with Gasteiger partial charge >= 0.3 is 0 Å². The fourth-order valence-corrected chi connectivity index (χ4v) is 3.79. The molecule has 0 bridgehead atoms. The van der Waals surface area contributed by atoms with Crippen LogP contribution >= 0.6 is 24.0 Å². The molecule has 1 aliphatic heterocycles. The first-order chi connectivity index (χ1) is 11.6. The molecule has 3 rings (SSSR count). The largest absolute Gasteiger partial charge is 0.356 e. The van der Waals surface area contributed by atoms with Gasteiger partial charge < -0.3 is 10.6 Å². The van der Waals surface area contributed by atoms with Crippen LogP contribution in [0.1, 0.15) is 38.7 Å². The number of likely N-dealkylation sites (tertiary alicyclic amines) is 1. The molecule has 5 heteroatoms. The van der Waals surface area contributed by atoms with E-state index in [0.29, 0.717) is 18.0 Å². The molecule has 1 saturated heterocycles. The van der Waals surface area contributed by atoms with E-state index in [1.807, 2.05) is 7.05 Å². The average Bonchev–Trinajstić information content (AvgIpc) is 3.27. The van der Waals surface area contributed by atoms with E-state index < -0.39 is 0 Å². The van der Waals surface area contributed by atoms with Gasteiger partial charge in [0.2, 0.25) is 0 Å². The third-order valence-electron chi connectivity index (χ3n) is 5.60. The average molecular weight is 456 g/mol. The van der Waals surface area contributed by atoms with Crippen LogP contribution in [0.2, 0.25) is 0 Å². The van der Waals surface area contributed by atoms with E-state index in [1.165, 1.54) is 18.5 Å². The van der Waals surface area contributed by atoms with Gasteiger partial charge in [0.25, 0.3) is 0 Å². The van der Waals surface area contributed by atoms with Gasteiger partial charge in [-0.25, -0.2) is 0 Å². The van der Waals surface area contributed by atoms with Crippen molar-refractivity contribution in [1.82, 2.24) is 15.5 Å². The first-order valence-electron chi connectivity index (χ1n) is 9.34. The molecule has 0 spiro atoms. The smallest absolute Gasteiger partial charge is 0.191 e. The lowest BCUT2D eigenvalue weighted by molar-refractivity contribution is 0.265. The summed E-state index contributed by atoms with van der Waals surface area (Å²) in [6, 6.07) is 12.0. The zero-order valence-corrected chi connectivity index (χ0v) is 18.2. The molecule has 25 heavy (non-hydrogen) atoms. The van der Waals surface area contributed by atoms with Crippen LogP contribution in [0.4, 0.5) is 0 Å². The molecule has 1 aromatic rings. The zero-order valence-electron chi connectivity index (χ0n) is 15.9. The van der Waals surface area contributed by atoms with Gasteiger partial charge in [-0.05, 0) is 43.6 Å². The van der Waals surface area contributed by atoms with Gasteiger partial charge in [-0.15, -0.1) is 24.0 Å². The van der Waals surface area contributed by atoms with Crippen molar-refractivity contribution in [1.29, 1.82) is 0 Å². The highest BCUT2D eigenvalue weighted by Crippen LogP contribution is 2.46. The lowest BCUT2D eigenvalue weighted by Gasteiger charge is -2.22. The van der Waals surface area contributed by atoms with Crippen molar-refractivity contribution >= 4 is 29.9 Å². The molecule has 0 aromatic heterocycles. The topological polar surface area (TPSA) is 39.7 Å². The van der Waals surface area contributed by atoms with E-state index in [9.17, 15) is 0 Å². The Kier molecular flexibility index (Phi) is 7.55. The van der Waals surface area contributed by atoms with Crippen molar-refractivity contribution in [3.8, 4) is 0 Å². The third kappa shape index (κ3) is 5.33. The van der Waals surface area contributed by atoms with E-state index in [-0.39, 0.29) is 24.0 Å². The molecule has 1 heterocycles. The molecule has 4 atom stereocenters. The second-order valence-electron chi connectivity index (χ2n) is 7.74. The maximum absolute atomic E-state index is 4.43. The molecule has 1 saturated carbocycles. The van der Waals surface area contributed by atoms with E-state index in [0.717, 1.165) is 30.9 Å². The molecule has 2 aliphatic rings. The van der Waals surface area contributed by atoms with E-state index in [2.05, 4.69) is 71.6 Å². The number of aliphatic imine (C=N–C) groups is 1. The minimum atomic E-state index is 0. The molecular weight excluding hydrogens is 423 g/mol. The quantitative estimate of drug-likeness (QED) is 0.406. The highest BCUT2D eigenvalue weighted by molar-refractivity contribution is 14.0. The maximum Gasteiger partial charge on any atom is 0.191 e. The molecule has 1 aromatic carbocycles. The molecule has 2 N–H and O–H groups in total. The second-order valence-corrected chi connectivity index (χ2v) is 7.74. The Labute approximate surface area is 169 Å². The van der Waals surface area contributed by atoms with Crippen molar-refractivity contribution in [3.05, 3.63) is 35.9 Å². The molecule has 0 radical (unpaired) electrons. The first kappa shape index (κ1) is 20.5. The van der Waals surface area contributed by atoms with E-state index in [1.54, 1.807) is 0 Å². The summed E-state index contributed by atoms with van der Waals surface area (Å²) in [4.78, 5) is 6.97. The lowest BCUT2D eigenvalue weighted by atomic mass is 10.1. The Bertz CT molecular complexity index is 560. The van der Waals surface area contributed by atoms with Crippen molar-refractivity contribution < 1.29 is 0 Å². The number of nitrogens with one attached hydrogen (secondary N) is 2. The Balaban J connectivity index is 0.00000225. The van der Waals surface area contributed by atoms with Crippen LogP contribution in [0.15, 0.2) is 35.3 Å². The lowest BCUT2D eigenvalue weighted by Crippen LogP contribution is -2.47. The summed E-state index contributed by atoms with van der Waals surface area (Å²) < 4.78 is 0. The molecule has 2 fully saturated rings. The van der Waals surface area contributed by atoms with E-state index in [4.69, 9.17) is 0 Å². The number of benzene rings is 1. The monoisotopic (exact) mass is 456 g/mol. The number of hydrogen-bond donors (Lipinski definition) is 2. The molecule has 140 valence electrons. The summed E-state index contributed by atoms with van der Waals surface area (Å²) in [7, 11) is 1.87. The minimum absolute atomic E-state index is 0. The van der Waals surface area contributed by atoms with Crippen LogP contribution in [-0.4, -0.2) is 49.6 Å². The Morgan fingerprint density at radius 1 is 1.24 bits per heavy atom. The van der Waals surface area contributed by atoms with Crippen molar-refractivity contribution in [2.45, 2.75) is 45.2 Å². The van der Waals surface area contributed by atoms with Crippen LogP contribution in [0, 0.1) is 11.8 Å². The molecule has 4 nitrogen and oxygen atoms in total. The summed E-state index contributed by atoms with van der Waals surface area (Å²) in [6.45, 7) is 10.2. The summed E-state index contributed by atoms with van der Waals surface area (Å²) in [6.07, 6.45) is 1.29. The van der Waals surface area contributed by atoms with Crippen molar-refractivity contribution in [3.63, 3.8) is 0 Å². The van der Waals surface area contributed by atoms with Crippen LogP contribution in [0.5, 0.6) is 0 Å². The maximum atomic E-state index is 4.43. The van der Waals surface area contributed by atoms with Gasteiger partial charge in [0.05, 0.1) is 0 Å². The number of rotatable bonds is 5. The molecule has 1 aliphatic carbocycles. The summed E-state index contributed by atoms with van der Waals surface area (Å²) in [5.41, 5.74) is 1.48. The van der Waals surface area contributed by atoms with Gasteiger partial charge in [-0.2, -0.15) is 0 Å². The number of nitrogens with zero attached hydrogens (tertiary/aromatic N) is 2. The van der Waals surface area contributed by atoms with Crippen molar-refractivity contribution in [2.75, 3.05) is 26.7 Å². The highest BCUT2D eigenvalue weighted by Gasteiger charge is 2.38. The first-order valence-corrected chi connectivity index (χ1v) is 9.34. The SMILES string of the molecule is CN=C(NCC1CC1c1ccccc1)NC1CN(C(C)C)CC1C.I. The van der Waals surface area contributed by atoms with Gasteiger partial charge in [-0.1, -0.05) is 37.3 Å². The predicted octanol–water partition coefficient (Wildman–Crippen LogP) is 3.30. The van der Waals surface area contributed by atoms with Gasteiger partial charge in [0.15, 0.2) is 5.96 Å². The Morgan fingerprint density at radius 2 is 1.96 bits per heavy atom. The Morgan fingerprint density at radius 3 is 2.56 bits per heavy atom. The Hall–Kier alpha value is -0.820. The van der Waals surface area contributed by atoms with Crippen molar-refractivity contribution in [2.24, 2.45) is 16.8 Å². The number of halogens is 1. The standard InChI is InChI=1S/C20H32N4.HI/c1-14(2)24-12-15(3)19(13-24)23-20(21-4)22-11-17-10-18(17)16-8-6-5-7-9-16;/h5-9,14-15,17-19H,10-13H2,1-4H3,(H2,21,22,23);1H. The molecule has 4 unspecified atom stereocenters. The van der Waals surface area contributed by atoms with Crippen LogP contribution < -0.4 is 10.6 Å². The highest BCUT2D eigenvalue weighted by atomic mass is 127. The number of hydrogen-bond acceptors (Lipinski definition) is 2. The third-order valence-corrected chi connectivity index (χ3v) is 5.60. The van der Waals surface area contributed by atoms with Crippen LogP contribution in [-0.2, 0) is 0 Å². The van der Waals surface area contributed by atoms with Crippen LogP contribution in [0.25, 0.3) is 0 Å². The molecule has 0 amide bonds. The normalized spacial score (nSPS) is 29.4. The number of guanidine groups is 1. The van der Waals surface area contributed by atoms with E-state index >= 15 is 0 Å².